The Balaban J connectivity index is 1.12. The molecule has 0 bridgehead atoms. The fraction of sp³-hybridized carbons (Fsp3) is 0.103. The lowest BCUT2D eigenvalue weighted by Crippen LogP contribution is -2.13. The first-order valence-corrected chi connectivity index (χ1v) is 21.7. The molecule has 4 nitrogen and oxygen atoms in total. The Bertz CT molecular complexity index is 3510. The first-order valence-electron chi connectivity index (χ1n) is 21.7. The number of allylic oxidation sites excluding steroid dienone is 3. The van der Waals surface area contributed by atoms with Crippen LogP contribution in [0.2, 0.25) is 0 Å². The molecule has 0 amide bonds. The summed E-state index contributed by atoms with van der Waals surface area (Å²) < 4.78 is 12.9. The van der Waals surface area contributed by atoms with Gasteiger partial charge in [-0.1, -0.05) is 115 Å². The number of nitrogens with zero attached hydrogens (tertiary/aromatic N) is 2. The van der Waals surface area contributed by atoms with Gasteiger partial charge < -0.3 is 18.6 Å². The second-order valence-electron chi connectivity index (χ2n) is 17.0. The van der Waals surface area contributed by atoms with Crippen molar-refractivity contribution in [3.8, 4) is 0 Å². The molecular weight excluding hydrogens is 757 g/mol. The van der Waals surface area contributed by atoms with Crippen molar-refractivity contribution in [1.29, 1.82) is 0 Å². The zero-order chi connectivity index (χ0) is 41.5. The van der Waals surface area contributed by atoms with Gasteiger partial charge in [-0.15, -0.1) is 0 Å². The molecule has 62 heavy (non-hydrogen) atoms. The molecule has 0 saturated heterocycles. The predicted molar refractivity (Wildman–Crippen MR) is 262 cm³/mol. The van der Waals surface area contributed by atoms with E-state index >= 15 is 0 Å². The number of aryl methyl sites for hydroxylation is 1. The summed E-state index contributed by atoms with van der Waals surface area (Å²) >= 11 is 0. The van der Waals surface area contributed by atoms with E-state index in [0.717, 1.165) is 85.6 Å². The third-order valence-corrected chi connectivity index (χ3v) is 13.1. The number of benzene rings is 8. The van der Waals surface area contributed by atoms with E-state index in [1.54, 1.807) is 0 Å². The van der Waals surface area contributed by atoms with Crippen LogP contribution in [0.3, 0.4) is 0 Å². The van der Waals surface area contributed by atoms with Crippen LogP contribution in [0.15, 0.2) is 178 Å². The van der Waals surface area contributed by atoms with E-state index in [4.69, 9.17) is 8.83 Å². The van der Waals surface area contributed by atoms with Gasteiger partial charge >= 0.3 is 0 Å². The lowest BCUT2D eigenvalue weighted by molar-refractivity contribution is 0.504. The molecule has 0 N–H and O–H groups in total. The zero-order valence-corrected chi connectivity index (χ0v) is 35.0. The largest absolute Gasteiger partial charge is 0.460 e. The van der Waals surface area contributed by atoms with E-state index in [0.29, 0.717) is 5.92 Å². The zero-order valence-electron chi connectivity index (χ0n) is 35.0. The van der Waals surface area contributed by atoms with Crippen LogP contribution in [0, 0.1) is 12.8 Å². The first kappa shape index (κ1) is 36.3. The average Bonchev–Trinajstić information content (AvgIpc) is 3.72. The molecule has 0 radical (unpaired) electrons. The highest BCUT2D eigenvalue weighted by molar-refractivity contribution is 6.19. The molecular formula is C58H44N2O2. The van der Waals surface area contributed by atoms with Gasteiger partial charge in [0.05, 0.1) is 11.4 Å². The highest BCUT2D eigenvalue weighted by Crippen LogP contribution is 2.49. The van der Waals surface area contributed by atoms with E-state index in [1.807, 2.05) is 0 Å². The molecule has 1 unspecified atom stereocenters. The van der Waals surface area contributed by atoms with Crippen LogP contribution in [0.5, 0.6) is 0 Å². The van der Waals surface area contributed by atoms with Gasteiger partial charge in [-0.05, 0) is 133 Å². The maximum atomic E-state index is 6.51. The molecule has 2 heterocycles. The van der Waals surface area contributed by atoms with Crippen LogP contribution < -0.4 is 9.80 Å². The number of furan rings is 2. The van der Waals surface area contributed by atoms with Gasteiger partial charge in [-0.3, -0.25) is 0 Å². The molecule has 0 saturated carbocycles. The van der Waals surface area contributed by atoms with Crippen molar-refractivity contribution in [2.24, 2.45) is 5.92 Å². The van der Waals surface area contributed by atoms with Crippen LogP contribution in [0.4, 0.5) is 34.1 Å². The Hall–Kier alpha value is -7.56. The first-order chi connectivity index (χ1) is 30.5. The molecule has 10 aromatic rings. The molecule has 0 aliphatic heterocycles. The third kappa shape index (κ3) is 5.82. The average molecular weight is 801 g/mol. The molecule has 0 fully saturated rings. The van der Waals surface area contributed by atoms with Crippen molar-refractivity contribution in [1.82, 2.24) is 0 Å². The molecule has 0 spiro atoms. The summed E-state index contributed by atoms with van der Waals surface area (Å²) in [7, 11) is 0. The van der Waals surface area contributed by atoms with Crippen LogP contribution in [-0.4, -0.2) is 0 Å². The fourth-order valence-corrected chi connectivity index (χ4v) is 9.87. The second-order valence-corrected chi connectivity index (χ2v) is 17.0. The summed E-state index contributed by atoms with van der Waals surface area (Å²) in [6, 6.07) is 55.0. The molecule has 1 atom stereocenters. The molecule has 8 aromatic carbocycles. The minimum Gasteiger partial charge on any atom is -0.460 e. The minimum atomic E-state index is 0.469. The Labute approximate surface area is 360 Å². The summed E-state index contributed by atoms with van der Waals surface area (Å²) in [5, 5.41) is 8.16. The van der Waals surface area contributed by atoms with Gasteiger partial charge in [0, 0.05) is 61.8 Å². The lowest BCUT2D eigenvalue weighted by atomic mass is 9.88. The molecule has 298 valence electrons. The van der Waals surface area contributed by atoms with Crippen LogP contribution in [0.1, 0.15) is 48.3 Å². The van der Waals surface area contributed by atoms with Gasteiger partial charge in [0.15, 0.2) is 0 Å². The molecule has 4 heteroatoms. The molecule has 2 aliphatic carbocycles. The molecule has 12 rings (SSSR count). The number of anilines is 6. The summed E-state index contributed by atoms with van der Waals surface area (Å²) in [4.78, 5) is 4.86. The summed E-state index contributed by atoms with van der Waals surface area (Å²) in [6.45, 7) is 6.66. The number of rotatable bonds is 6. The highest BCUT2D eigenvalue weighted by atomic mass is 16.3. The van der Waals surface area contributed by atoms with Crippen molar-refractivity contribution in [2.75, 3.05) is 9.80 Å². The standard InChI is InChI=1S/C58H44N2O2/c1-36-23-26-55-49(29-36)51-32-41(24-27-56(51)61-55)59(39-15-7-4-8-16-39)54-34-47-43-19-11-6-12-21-45(43)53(35-48(47)44-20-13-14-22-46(44)54)60(40-17-9-5-10-18-40)42-25-28-57-52(33-42)50-30-37(2)38(3)31-58(50)62-57/h4-5,7-30,32-35,38H,6,31H2,1-3H3. The second kappa shape index (κ2) is 14.3. The number of para-hydroxylation sites is 2. The fourth-order valence-electron chi connectivity index (χ4n) is 9.87. The Kier molecular flexibility index (Phi) is 8.36. The predicted octanol–water partition coefficient (Wildman–Crippen LogP) is 16.9. The minimum absolute atomic E-state index is 0.469. The maximum absolute atomic E-state index is 6.51. The highest BCUT2D eigenvalue weighted by Gasteiger charge is 2.26. The van der Waals surface area contributed by atoms with Crippen LogP contribution in [0.25, 0.3) is 72.7 Å². The van der Waals surface area contributed by atoms with Crippen molar-refractivity contribution in [3.63, 3.8) is 0 Å². The van der Waals surface area contributed by atoms with E-state index in [1.165, 1.54) is 49.4 Å². The van der Waals surface area contributed by atoms with E-state index < -0.39 is 0 Å². The normalized spacial score (nSPS) is 14.7. The smallest absolute Gasteiger partial charge is 0.135 e. The van der Waals surface area contributed by atoms with Gasteiger partial charge in [-0.25, -0.2) is 0 Å². The Morgan fingerprint density at radius 2 is 1.03 bits per heavy atom. The number of fused-ring (bicyclic) bond motifs is 11. The topological polar surface area (TPSA) is 32.8 Å². The van der Waals surface area contributed by atoms with Gasteiger partial charge in [0.25, 0.3) is 0 Å². The molecule has 2 aromatic heterocycles. The summed E-state index contributed by atoms with van der Waals surface area (Å²) in [6.07, 6.45) is 13.4. The van der Waals surface area contributed by atoms with E-state index in [9.17, 15) is 0 Å². The Morgan fingerprint density at radius 1 is 0.452 bits per heavy atom. The van der Waals surface area contributed by atoms with Crippen LogP contribution in [-0.2, 0) is 6.42 Å². The quantitative estimate of drug-likeness (QED) is 0.157. The Morgan fingerprint density at radius 3 is 1.76 bits per heavy atom. The summed E-state index contributed by atoms with van der Waals surface area (Å²) in [5.74, 6) is 1.55. The van der Waals surface area contributed by atoms with E-state index in [2.05, 4.69) is 213 Å². The van der Waals surface area contributed by atoms with Crippen LogP contribution >= 0.6 is 0 Å². The third-order valence-electron chi connectivity index (χ3n) is 13.1. The monoisotopic (exact) mass is 800 g/mol. The van der Waals surface area contributed by atoms with Crippen molar-refractivity contribution < 1.29 is 8.83 Å². The van der Waals surface area contributed by atoms with Gasteiger partial charge in [0.1, 0.15) is 22.5 Å². The van der Waals surface area contributed by atoms with E-state index in [-0.39, 0.29) is 0 Å². The SMILES string of the molecule is CC1=Cc2c(oc3ccc(N(c4ccccc4)c4cc5c(cc(N(c6ccccc6)c6ccc7oc8ccc(C)cc8c7c6)c6ccccc65)c5c4C=CCC=C5)cc23)CC1C. The van der Waals surface area contributed by atoms with Crippen molar-refractivity contribution >= 4 is 107 Å². The van der Waals surface area contributed by atoms with Crippen molar-refractivity contribution in [2.45, 2.75) is 33.6 Å². The van der Waals surface area contributed by atoms with Gasteiger partial charge in [-0.2, -0.15) is 0 Å². The van der Waals surface area contributed by atoms with Crippen molar-refractivity contribution in [3.05, 3.63) is 197 Å². The molecule has 2 aliphatic rings. The maximum Gasteiger partial charge on any atom is 0.135 e. The van der Waals surface area contributed by atoms with Gasteiger partial charge in [0.2, 0.25) is 0 Å². The summed E-state index contributed by atoms with van der Waals surface area (Å²) in [5.41, 5.74) is 15.5. The number of hydrogen-bond donors (Lipinski definition) is 0. The lowest BCUT2D eigenvalue weighted by Gasteiger charge is -2.30. The number of hydrogen-bond acceptors (Lipinski definition) is 4.